The van der Waals surface area contributed by atoms with E-state index in [4.69, 9.17) is 4.42 Å². The Morgan fingerprint density at radius 3 is 2.79 bits per heavy atom. The molecule has 2 aromatic rings. The lowest BCUT2D eigenvalue weighted by Gasteiger charge is -2.18. The molecule has 0 saturated heterocycles. The van der Waals surface area contributed by atoms with Gasteiger partial charge in [-0.1, -0.05) is 13.0 Å². The van der Waals surface area contributed by atoms with Crippen LogP contribution in [0.3, 0.4) is 0 Å². The zero-order valence-corrected chi connectivity index (χ0v) is 11.8. The quantitative estimate of drug-likeness (QED) is 0.866. The number of anilines is 1. The molecular formula is C15H21N3O. The lowest BCUT2D eigenvalue weighted by atomic mass is 10.1. The van der Waals surface area contributed by atoms with Gasteiger partial charge in [0.25, 0.3) is 0 Å². The Morgan fingerprint density at radius 1 is 1.37 bits per heavy atom. The summed E-state index contributed by atoms with van der Waals surface area (Å²) in [6.07, 6.45) is 5.39. The van der Waals surface area contributed by atoms with E-state index < -0.39 is 0 Å². The molecule has 1 atom stereocenters. The van der Waals surface area contributed by atoms with Gasteiger partial charge in [0, 0.05) is 31.4 Å². The van der Waals surface area contributed by atoms with Crippen molar-refractivity contribution in [1.82, 2.24) is 10.3 Å². The molecular weight excluding hydrogens is 238 g/mol. The molecule has 0 aliphatic rings. The molecule has 0 aromatic carbocycles. The minimum Gasteiger partial charge on any atom is -0.472 e. The molecule has 0 radical (unpaired) electrons. The topological polar surface area (TPSA) is 41.3 Å². The van der Waals surface area contributed by atoms with Gasteiger partial charge in [-0.3, -0.25) is 0 Å². The molecule has 1 unspecified atom stereocenters. The molecule has 0 aliphatic heterocycles. The molecule has 0 bridgehead atoms. The van der Waals surface area contributed by atoms with Gasteiger partial charge in [0.2, 0.25) is 0 Å². The highest BCUT2D eigenvalue weighted by Crippen LogP contribution is 2.16. The van der Waals surface area contributed by atoms with Gasteiger partial charge >= 0.3 is 0 Å². The van der Waals surface area contributed by atoms with Crippen LogP contribution in [-0.4, -0.2) is 18.6 Å². The van der Waals surface area contributed by atoms with Gasteiger partial charge in [0.05, 0.1) is 12.5 Å². The van der Waals surface area contributed by atoms with Crippen molar-refractivity contribution in [2.75, 3.05) is 18.5 Å². The lowest BCUT2D eigenvalue weighted by molar-refractivity contribution is 0.563. The normalized spacial score (nSPS) is 12.4. The molecule has 4 heteroatoms. The number of nitrogens with one attached hydrogen (secondary N) is 1. The maximum atomic E-state index is 5.07. The number of rotatable bonds is 6. The molecule has 0 aliphatic carbocycles. The minimum absolute atomic E-state index is 0.339. The van der Waals surface area contributed by atoms with Crippen LogP contribution in [-0.2, 0) is 6.54 Å². The van der Waals surface area contributed by atoms with E-state index in [2.05, 4.69) is 41.2 Å². The summed E-state index contributed by atoms with van der Waals surface area (Å²) in [6.45, 7) is 6.02. The Kier molecular flexibility index (Phi) is 4.58. The first-order valence-corrected chi connectivity index (χ1v) is 6.62. The van der Waals surface area contributed by atoms with E-state index in [0.29, 0.717) is 6.04 Å². The molecule has 0 amide bonds. The predicted molar refractivity (Wildman–Crippen MR) is 77.1 cm³/mol. The summed E-state index contributed by atoms with van der Waals surface area (Å²) in [7, 11) is 2.03. The van der Waals surface area contributed by atoms with Crippen molar-refractivity contribution in [2.45, 2.75) is 26.4 Å². The zero-order chi connectivity index (χ0) is 13.7. The van der Waals surface area contributed by atoms with Crippen molar-refractivity contribution in [3.05, 3.63) is 48.0 Å². The van der Waals surface area contributed by atoms with Crippen molar-refractivity contribution in [3.63, 3.8) is 0 Å². The summed E-state index contributed by atoms with van der Waals surface area (Å²) in [4.78, 5) is 6.62. The van der Waals surface area contributed by atoms with Crippen LogP contribution in [0.4, 0.5) is 5.82 Å². The van der Waals surface area contributed by atoms with E-state index in [9.17, 15) is 0 Å². The van der Waals surface area contributed by atoms with Crippen LogP contribution in [0.15, 0.2) is 41.3 Å². The maximum Gasteiger partial charge on any atom is 0.128 e. The van der Waals surface area contributed by atoms with Crippen LogP contribution < -0.4 is 10.2 Å². The van der Waals surface area contributed by atoms with Crippen molar-refractivity contribution < 1.29 is 4.42 Å². The van der Waals surface area contributed by atoms with E-state index in [1.807, 2.05) is 19.3 Å². The summed E-state index contributed by atoms with van der Waals surface area (Å²) in [5.74, 6) is 0.966. The van der Waals surface area contributed by atoms with Crippen molar-refractivity contribution in [3.8, 4) is 0 Å². The standard InChI is InChI=1S/C15H21N3O/c1-4-16-12(2)14-5-6-15(17-9-14)18(3)10-13-7-8-19-11-13/h5-9,11-12,16H,4,10H2,1-3H3. The molecule has 2 heterocycles. The molecule has 2 rings (SSSR count). The predicted octanol–water partition coefficient (Wildman–Crippen LogP) is 2.98. The molecule has 0 fully saturated rings. The van der Waals surface area contributed by atoms with Gasteiger partial charge in [-0.2, -0.15) is 0 Å². The van der Waals surface area contributed by atoms with Crippen LogP contribution >= 0.6 is 0 Å². The first-order valence-electron chi connectivity index (χ1n) is 6.62. The Hall–Kier alpha value is -1.81. The number of furan rings is 1. The lowest BCUT2D eigenvalue weighted by Crippen LogP contribution is -2.19. The average Bonchev–Trinajstić information content (AvgIpc) is 2.92. The van der Waals surface area contributed by atoms with Crippen molar-refractivity contribution in [2.24, 2.45) is 0 Å². The molecule has 19 heavy (non-hydrogen) atoms. The number of hydrogen-bond donors (Lipinski definition) is 1. The van der Waals surface area contributed by atoms with Gasteiger partial charge < -0.3 is 14.6 Å². The Bertz CT molecular complexity index is 479. The number of hydrogen-bond acceptors (Lipinski definition) is 4. The Morgan fingerprint density at radius 2 is 2.21 bits per heavy atom. The second kappa shape index (κ2) is 6.38. The molecule has 0 spiro atoms. The Balaban J connectivity index is 2.01. The highest BCUT2D eigenvalue weighted by Gasteiger charge is 2.07. The van der Waals surface area contributed by atoms with Crippen LogP contribution in [0.5, 0.6) is 0 Å². The molecule has 1 N–H and O–H groups in total. The van der Waals surface area contributed by atoms with Crippen molar-refractivity contribution in [1.29, 1.82) is 0 Å². The third-order valence-corrected chi connectivity index (χ3v) is 3.17. The van der Waals surface area contributed by atoms with E-state index in [1.54, 1.807) is 12.5 Å². The van der Waals surface area contributed by atoms with E-state index in [1.165, 1.54) is 5.56 Å². The van der Waals surface area contributed by atoms with E-state index in [0.717, 1.165) is 24.5 Å². The smallest absolute Gasteiger partial charge is 0.128 e. The fourth-order valence-corrected chi connectivity index (χ4v) is 2.04. The van der Waals surface area contributed by atoms with Gasteiger partial charge in [0.15, 0.2) is 0 Å². The third kappa shape index (κ3) is 3.58. The van der Waals surface area contributed by atoms with Gasteiger partial charge in [-0.15, -0.1) is 0 Å². The summed E-state index contributed by atoms with van der Waals surface area (Å²) in [6, 6.07) is 6.49. The molecule has 0 saturated carbocycles. The largest absolute Gasteiger partial charge is 0.472 e. The second-order valence-corrected chi connectivity index (χ2v) is 4.72. The van der Waals surface area contributed by atoms with E-state index >= 15 is 0 Å². The van der Waals surface area contributed by atoms with Gasteiger partial charge in [0.1, 0.15) is 5.82 Å². The zero-order valence-electron chi connectivity index (χ0n) is 11.8. The van der Waals surface area contributed by atoms with Crippen LogP contribution in [0, 0.1) is 0 Å². The van der Waals surface area contributed by atoms with Crippen LogP contribution in [0.25, 0.3) is 0 Å². The summed E-state index contributed by atoms with van der Waals surface area (Å²) in [5.41, 5.74) is 2.36. The number of pyridine rings is 1. The highest BCUT2D eigenvalue weighted by molar-refractivity contribution is 5.39. The minimum atomic E-state index is 0.339. The summed E-state index contributed by atoms with van der Waals surface area (Å²) >= 11 is 0. The SMILES string of the molecule is CCNC(C)c1ccc(N(C)Cc2ccoc2)nc1. The molecule has 4 nitrogen and oxygen atoms in total. The number of nitrogens with zero attached hydrogens (tertiary/aromatic N) is 2. The monoisotopic (exact) mass is 259 g/mol. The fraction of sp³-hybridized carbons (Fsp3) is 0.400. The van der Waals surface area contributed by atoms with Crippen molar-refractivity contribution >= 4 is 5.82 Å². The third-order valence-electron chi connectivity index (χ3n) is 3.17. The molecule has 102 valence electrons. The molecule has 2 aromatic heterocycles. The first-order chi connectivity index (χ1) is 9.20. The average molecular weight is 259 g/mol. The van der Waals surface area contributed by atoms with Gasteiger partial charge in [-0.05, 0) is 31.2 Å². The fourth-order valence-electron chi connectivity index (χ4n) is 2.04. The Labute approximate surface area is 114 Å². The van der Waals surface area contributed by atoms with Gasteiger partial charge in [-0.25, -0.2) is 4.98 Å². The second-order valence-electron chi connectivity index (χ2n) is 4.72. The van der Waals surface area contributed by atoms with E-state index in [-0.39, 0.29) is 0 Å². The first kappa shape index (κ1) is 13.6. The highest BCUT2D eigenvalue weighted by atomic mass is 16.3. The van der Waals surface area contributed by atoms with Crippen LogP contribution in [0.1, 0.15) is 31.0 Å². The van der Waals surface area contributed by atoms with Crippen LogP contribution in [0.2, 0.25) is 0 Å². The maximum absolute atomic E-state index is 5.07. The number of aromatic nitrogens is 1. The summed E-state index contributed by atoms with van der Waals surface area (Å²) in [5, 5.41) is 3.38. The summed E-state index contributed by atoms with van der Waals surface area (Å²) < 4.78 is 5.07.